The second-order valence-corrected chi connectivity index (χ2v) is 11.5. The fraction of sp³-hybridized carbons (Fsp3) is 0.500. The first kappa shape index (κ1) is 27.0. The number of rotatable bonds is 10. The molecule has 0 bridgehead atoms. The quantitative estimate of drug-likeness (QED) is 0.314. The lowest BCUT2D eigenvalue weighted by molar-refractivity contribution is -0.141. The molecule has 3 rings (SSSR count). The van der Waals surface area contributed by atoms with Gasteiger partial charge in [0.05, 0.1) is 17.9 Å². The van der Waals surface area contributed by atoms with Crippen LogP contribution in [0.1, 0.15) is 54.8 Å². The minimum Gasteiger partial charge on any atom is -0.466 e. The van der Waals surface area contributed by atoms with E-state index in [4.69, 9.17) is 10.5 Å². The molecule has 1 aromatic carbocycles. The summed E-state index contributed by atoms with van der Waals surface area (Å²) in [6, 6.07) is 2.92. The second kappa shape index (κ2) is 11.4. The lowest BCUT2D eigenvalue weighted by Gasteiger charge is -2.29. The normalized spacial score (nSPS) is 19.2. The number of anilines is 2. The van der Waals surface area contributed by atoms with Gasteiger partial charge in [-0.2, -0.15) is 0 Å². The zero-order valence-corrected chi connectivity index (χ0v) is 21.0. The van der Waals surface area contributed by atoms with Gasteiger partial charge in [0, 0.05) is 24.9 Å². The highest BCUT2D eigenvalue weighted by Gasteiger charge is 2.28. The first-order chi connectivity index (χ1) is 16.4. The largest absolute Gasteiger partial charge is 0.466 e. The van der Waals surface area contributed by atoms with E-state index in [0.29, 0.717) is 30.8 Å². The molecule has 0 amide bonds. The zero-order chi connectivity index (χ0) is 25.8. The third-order valence-corrected chi connectivity index (χ3v) is 8.23. The van der Waals surface area contributed by atoms with Crippen LogP contribution in [0.5, 0.6) is 0 Å². The van der Waals surface area contributed by atoms with E-state index in [1.165, 1.54) is 13.0 Å². The molecule has 35 heavy (non-hydrogen) atoms. The number of thiazole rings is 1. The second-order valence-electron chi connectivity index (χ2n) is 8.66. The maximum absolute atomic E-state index is 14.0. The van der Waals surface area contributed by atoms with Crippen LogP contribution in [0.25, 0.3) is 0 Å². The third kappa shape index (κ3) is 7.42. The van der Waals surface area contributed by atoms with E-state index < -0.39 is 39.0 Å². The van der Waals surface area contributed by atoms with Crippen molar-refractivity contribution >= 4 is 44.1 Å². The standard InChI is InChI=1S/C22H28F2N4O5S2/c1-12(10-33-13(2)29)11-35(31,32)28-15-8-6-14(7-9-15)26-22-27-21(25)20(34-22)19(30)18-16(23)4-3-5-17(18)24/h3-5,12,14-15,28H,6-11,25H2,1-2H3,(H,26,27)/t12-,14?,15?/m0/s1. The van der Waals surface area contributed by atoms with Crippen LogP contribution >= 0.6 is 11.3 Å². The Balaban J connectivity index is 1.53. The summed E-state index contributed by atoms with van der Waals surface area (Å²) >= 11 is 0.920. The summed E-state index contributed by atoms with van der Waals surface area (Å²) < 4.78 is 60.4. The van der Waals surface area contributed by atoms with Gasteiger partial charge in [0.1, 0.15) is 22.3 Å². The molecule has 0 unspecified atom stereocenters. The molecule has 9 nitrogen and oxygen atoms in total. The van der Waals surface area contributed by atoms with E-state index in [9.17, 15) is 26.8 Å². The molecule has 1 atom stereocenters. The van der Waals surface area contributed by atoms with Gasteiger partial charge in [0.15, 0.2) is 5.13 Å². The van der Waals surface area contributed by atoms with Crippen molar-refractivity contribution in [2.75, 3.05) is 23.4 Å². The maximum atomic E-state index is 14.0. The van der Waals surface area contributed by atoms with Gasteiger partial charge in [-0.05, 0) is 37.8 Å². The predicted octanol–water partition coefficient (Wildman–Crippen LogP) is 3.08. The van der Waals surface area contributed by atoms with Crippen LogP contribution in [0.2, 0.25) is 0 Å². The molecule has 4 N–H and O–H groups in total. The minimum absolute atomic E-state index is 0.0302. The van der Waals surface area contributed by atoms with Crippen LogP contribution in [0.3, 0.4) is 0 Å². The molecule has 0 radical (unpaired) electrons. The van der Waals surface area contributed by atoms with E-state index in [2.05, 4.69) is 15.0 Å². The van der Waals surface area contributed by atoms with Crippen LogP contribution in [0.4, 0.5) is 19.7 Å². The molecule has 1 aliphatic rings. The van der Waals surface area contributed by atoms with E-state index in [1.54, 1.807) is 6.92 Å². The van der Waals surface area contributed by atoms with Gasteiger partial charge in [-0.1, -0.05) is 24.3 Å². The van der Waals surface area contributed by atoms with E-state index in [-0.39, 0.29) is 41.1 Å². The highest BCUT2D eigenvalue weighted by atomic mass is 32.2. The average Bonchev–Trinajstić information content (AvgIpc) is 3.13. The number of nitrogens with zero attached hydrogens (tertiary/aromatic N) is 1. The van der Waals surface area contributed by atoms with Crippen LogP contribution in [-0.4, -0.2) is 49.6 Å². The van der Waals surface area contributed by atoms with E-state index in [1.807, 2.05) is 0 Å². The van der Waals surface area contributed by atoms with Gasteiger partial charge in [-0.25, -0.2) is 26.9 Å². The molecule has 2 aromatic rings. The first-order valence-electron chi connectivity index (χ1n) is 11.1. The van der Waals surface area contributed by atoms with Gasteiger partial charge in [0.25, 0.3) is 0 Å². The fourth-order valence-electron chi connectivity index (χ4n) is 3.90. The van der Waals surface area contributed by atoms with Crippen molar-refractivity contribution in [1.82, 2.24) is 9.71 Å². The summed E-state index contributed by atoms with van der Waals surface area (Å²) in [4.78, 5) is 27.6. The Kier molecular flexibility index (Phi) is 8.78. The number of hydrogen-bond acceptors (Lipinski definition) is 9. The molecule has 192 valence electrons. The van der Waals surface area contributed by atoms with Gasteiger partial charge in [-0.3, -0.25) is 9.59 Å². The van der Waals surface area contributed by atoms with Crippen molar-refractivity contribution in [3.05, 3.63) is 40.3 Å². The zero-order valence-electron chi connectivity index (χ0n) is 19.3. The predicted molar refractivity (Wildman–Crippen MR) is 129 cm³/mol. The summed E-state index contributed by atoms with van der Waals surface area (Å²) in [6.07, 6.45) is 2.45. The Morgan fingerprint density at radius 3 is 2.40 bits per heavy atom. The highest BCUT2D eigenvalue weighted by molar-refractivity contribution is 7.89. The molecule has 0 spiro atoms. The van der Waals surface area contributed by atoms with Crippen LogP contribution in [-0.2, 0) is 19.6 Å². The van der Waals surface area contributed by atoms with Crippen molar-refractivity contribution in [3.63, 3.8) is 0 Å². The van der Waals surface area contributed by atoms with Crippen molar-refractivity contribution < 1.29 is 31.5 Å². The molecule has 1 aromatic heterocycles. The number of nitrogens with one attached hydrogen (secondary N) is 2. The molecular formula is C22H28F2N4O5S2. The number of ether oxygens (including phenoxy) is 1. The molecular weight excluding hydrogens is 502 g/mol. The fourth-order valence-corrected chi connectivity index (χ4v) is 6.49. The monoisotopic (exact) mass is 530 g/mol. The van der Waals surface area contributed by atoms with Gasteiger partial charge in [-0.15, -0.1) is 0 Å². The number of benzene rings is 1. The molecule has 1 saturated carbocycles. The number of nitrogens with two attached hydrogens (primary N) is 1. The van der Waals surface area contributed by atoms with Crippen LogP contribution in [0, 0.1) is 17.6 Å². The molecule has 1 aliphatic carbocycles. The number of carbonyl (C=O) groups excluding carboxylic acids is 2. The Hall–Kier alpha value is -2.64. The topological polar surface area (TPSA) is 140 Å². The van der Waals surface area contributed by atoms with Crippen molar-refractivity contribution in [2.24, 2.45) is 5.92 Å². The molecule has 13 heteroatoms. The van der Waals surface area contributed by atoms with E-state index >= 15 is 0 Å². The maximum Gasteiger partial charge on any atom is 0.302 e. The Morgan fingerprint density at radius 1 is 1.20 bits per heavy atom. The van der Waals surface area contributed by atoms with Crippen LogP contribution < -0.4 is 15.8 Å². The minimum atomic E-state index is -3.54. The Morgan fingerprint density at radius 2 is 1.80 bits per heavy atom. The molecule has 1 fully saturated rings. The van der Waals surface area contributed by atoms with Crippen LogP contribution in [0.15, 0.2) is 18.2 Å². The first-order valence-corrected chi connectivity index (χ1v) is 13.6. The third-order valence-electron chi connectivity index (χ3n) is 5.53. The smallest absolute Gasteiger partial charge is 0.302 e. The number of carbonyl (C=O) groups is 2. The van der Waals surface area contributed by atoms with Gasteiger partial charge in [0.2, 0.25) is 15.8 Å². The highest BCUT2D eigenvalue weighted by Crippen LogP contribution is 2.31. The number of halogens is 2. The number of esters is 1. The summed E-state index contributed by atoms with van der Waals surface area (Å²) in [5.41, 5.74) is 5.17. The van der Waals surface area contributed by atoms with Crippen molar-refractivity contribution in [1.29, 1.82) is 0 Å². The lowest BCUT2D eigenvalue weighted by atomic mass is 9.92. The van der Waals surface area contributed by atoms with Gasteiger partial charge < -0.3 is 15.8 Å². The summed E-state index contributed by atoms with van der Waals surface area (Å²) in [7, 11) is -3.54. The number of sulfonamides is 1. The summed E-state index contributed by atoms with van der Waals surface area (Å²) in [6.45, 7) is 3.01. The van der Waals surface area contributed by atoms with E-state index in [0.717, 1.165) is 23.5 Å². The number of aromatic nitrogens is 1. The van der Waals surface area contributed by atoms with Crippen molar-refractivity contribution in [2.45, 2.75) is 51.6 Å². The van der Waals surface area contributed by atoms with Gasteiger partial charge >= 0.3 is 5.97 Å². The Labute approximate surface area is 206 Å². The lowest BCUT2D eigenvalue weighted by Crippen LogP contribution is -2.42. The summed E-state index contributed by atoms with van der Waals surface area (Å²) in [5, 5.41) is 3.54. The average molecular weight is 531 g/mol. The molecule has 1 heterocycles. The number of hydrogen-bond donors (Lipinski definition) is 3. The molecule has 0 aliphatic heterocycles. The molecule has 0 saturated heterocycles. The van der Waals surface area contributed by atoms with Crippen molar-refractivity contribution in [3.8, 4) is 0 Å². The number of ketones is 1. The number of nitrogen functional groups attached to an aromatic ring is 1. The Bertz CT molecular complexity index is 1160. The SMILES string of the molecule is CC(=O)OC[C@H](C)CS(=O)(=O)NC1CCC(Nc2nc(N)c(C(=O)c3c(F)cccc3F)s2)CC1. The summed E-state index contributed by atoms with van der Waals surface area (Å²) in [5.74, 6) is -3.86.